The molecule has 2 aliphatic heterocycles. The van der Waals surface area contributed by atoms with Gasteiger partial charge in [-0.3, -0.25) is 9.59 Å². The quantitative estimate of drug-likeness (QED) is 0.555. The number of benzene rings is 2. The lowest BCUT2D eigenvalue weighted by atomic mass is 9.80. The van der Waals surface area contributed by atoms with Crippen molar-refractivity contribution in [2.24, 2.45) is 0 Å². The molecule has 0 saturated carbocycles. The van der Waals surface area contributed by atoms with E-state index in [-0.39, 0.29) is 29.6 Å². The van der Waals surface area contributed by atoms with Crippen molar-refractivity contribution in [3.05, 3.63) is 92.4 Å². The molecule has 34 heavy (non-hydrogen) atoms. The van der Waals surface area contributed by atoms with Gasteiger partial charge >= 0.3 is 0 Å². The largest absolute Gasteiger partial charge is 0.503 e. The molecule has 5 rings (SSSR count). The highest BCUT2D eigenvalue weighted by Gasteiger charge is 2.37. The van der Waals surface area contributed by atoms with E-state index in [2.05, 4.69) is 0 Å². The first-order chi connectivity index (χ1) is 16.4. The fraction of sp³-hybridized carbons (Fsp3) is 0.333. The summed E-state index contributed by atoms with van der Waals surface area (Å²) in [6, 6.07) is 14.8. The average Bonchev–Trinajstić information content (AvgIpc) is 2.96. The molecule has 7 heteroatoms. The highest BCUT2D eigenvalue weighted by atomic mass is 35.5. The van der Waals surface area contributed by atoms with Gasteiger partial charge < -0.3 is 19.3 Å². The van der Waals surface area contributed by atoms with Crippen LogP contribution in [0.25, 0.3) is 0 Å². The number of aromatic hydroxyl groups is 1. The molecule has 0 radical (unpaired) electrons. The van der Waals surface area contributed by atoms with E-state index >= 15 is 0 Å². The van der Waals surface area contributed by atoms with Gasteiger partial charge in [0, 0.05) is 47.4 Å². The summed E-state index contributed by atoms with van der Waals surface area (Å²) in [5.74, 6) is -0.210. The second-order valence-electron chi connectivity index (χ2n) is 9.23. The van der Waals surface area contributed by atoms with Crippen LogP contribution in [-0.2, 0) is 6.61 Å². The topological polar surface area (TPSA) is 71.8 Å². The van der Waals surface area contributed by atoms with Crippen molar-refractivity contribution in [3.8, 4) is 11.5 Å². The van der Waals surface area contributed by atoms with Crippen molar-refractivity contribution in [2.45, 2.75) is 51.3 Å². The van der Waals surface area contributed by atoms with Gasteiger partial charge in [0.2, 0.25) is 5.43 Å². The summed E-state index contributed by atoms with van der Waals surface area (Å²) in [5, 5.41) is 11.4. The van der Waals surface area contributed by atoms with E-state index in [4.69, 9.17) is 16.3 Å². The number of nitrogens with zero attached hydrogens (tertiary/aromatic N) is 2. The first kappa shape index (κ1) is 22.5. The van der Waals surface area contributed by atoms with Crippen molar-refractivity contribution in [1.29, 1.82) is 0 Å². The number of ether oxygens (including phenoxy) is 1. The van der Waals surface area contributed by atoms with Gasteiger partial charge in [0.25, 0.3) is 5.91 Å². The maximum atomic E-state index is 13.6. The number of pyridine rings is 1. The fourth-order valence-corrected chi connectivity index (χ4v) is 5.50. The molecular formula is C27H27ClN2O4. The highest BCUT2D eigenvalue weighted by Crippen LogP contribution is 2.46. The van der Waals surface area contributed by atoms with Gasteiger partial charge in [-0.15, -0.1) is 0 Å². The van der Waals surface area contributed by atoms with Crippen LogP contribution in [-0.4, -0.2) is 33.1 Å². The molecule has 3 heterocycles. The summed E-state index contributed by atoms with van der Waals surface area (Å²) in [5.41, 5.74) is 2.55. The van der Waals surface area contributed by atoms with Crippen LogP contribution in [0.15, 0.2) is 59.5 Å². The highest BCUT2D eigenvalue weighted by molar-refractivity contribution is 6.30. The second kappa shape index (κ2) is 8.84. The standard InChI is InChI=1S/C27H27ClN2O4/c1-16(2)29-12-5-7-21(30-13-11-22(31)26(32)25(30)27(29)33)24-19-10-9-18(28)14-17(19)15-34-23-8-4-3-6-20(23)24/h3-4,6,8-11,13-14,16,21,24,32H,5,7,12,15H2,1-2H3. The number of hydrogen-bond donors (Lipinski definition) is 1. The maximum Gasteiger partial charge on any atom is 0.274 e. The Morgan fingerprint density at radius 2 is 1.88 bits per heavy atom. The summed E-state index contributed by atoms with van der Waals surface area (Å²) in [6.45, 7) is 4.82. The predicted octanol–water partition coefficient (Wildman–Crippen LogP) is 5.12. The van der Waals surface area contributed by atoms with Crippen LogP contribution in [0.2, 0.25) is 5.02 Å². The number of para-hydroxylation sites is 1. The molecule has 176 valence electrons. The van der Waals surface area contributed by atoms with Gasteiger partial charge in [-0.25, -0.2) is 0 Å². The van der Waals surface area contributed by atoms with E-state index in [1.54, 1.807) is 15.7 Å². The van der Waals surface area contributed by atoms with Gasteiger partial charge in [0.15, 0.2) is 11.4 Å². The molecule has 6 nitrogen and oxygen atoms in total. The molecule has 2 unspecified atom stereocenters. The number of halogens is 1. The third-order valence-electron chi connectivity index (χ3n) is 6.91. The van der Waals surface area contributed by atoms with E-state index in [1.165, 1.54) is 6.07 Å². The number of rotatable bonds is 2. The molecule has 0 fully saturated rings. The molecule has 0 aliphatic carbocycles. The van der Waals surface area contributed by atoms with Gasteiger partial charge in [0.05, 0.1) is 0 Å². The fourth-order valence-electron chi connectivity index (χ4n) is 5.31. The molecule has 1 amide bonds. The molecule has 2 aromatic carbocycles. The Morgan fingerprint density at radius 1 is 1.09 bits per heavy atom. The number of aromatic nitrogens is 1. The van der Waals surface area contributed by atoms with Crippen LogP contribution in [0.4, 0.5) is 0 Å². The molecular weight excluding hydrogens is 452 g/mol. The SMILES string of the molecule is CC(C)N1CCCC(C2c3ccc(Cl)cc3COc3ccccc32)n2ccc(=O)c(O)c2C1=O. The van der Waals surface area contributed by atoms with Gasteiger partial charge in [0.1, 0.15) is 12.4 Å². The molecule has 1 N–H and O–H groups in total. The Morgan fingerprint density at radius 3 is 2.68 bits per heavy atom. The summed E-state index contributed by atoms with van der Waals surface area (Å²) in [7, 11) is 0. The van der Waals surface area contributed by atoms with Crippen molar-refractivity contribution < 1.29 is 14.6 Å². The van der Waals surface area contributed by atoms with Gasteiger partial charge in [-0.2, -0.15) is 0 Å². The van der Waals surface area contributed by atoms with Crippen LogP contribution in [0, 0.1) is 0 Å². The zero-order chi connectivity index (χ0) is 24.0. The van der Waals surface area contributed by atoms with E-state index < -0.39 is 11.2 Å². The Labute approximate surface area is 203 Å². The van der Waals surface area contributed by atoms with Crippen molar-refractivity contribution in [1.82, 2.24) is 9.47 Å². The van der Waals surface area contributed by atoms with E-state index in [0.29, 0.717) is 18.2 Å². The molecule has 1 aromatic heterocycles. The molecule has 0 saturated heterocycles. The van der Waals surface area contributed by atoms with Crippen LogP contribution >= 0.6 is 11.6 Å². The van der Waals surface area contributed by atoms with Crippen molar-refractivity contribution >= 4 is 17.5 Å². The lowest BCUT2D eigenvalue weighted by Gasteiger charge is -2.37. The first-order valence-corrected chi connectivity index (χ1v) is 12.0. The number of hydrogen-bond acceptors (Lipinski definition) is 4. The minimum Gasteiger partial charge on any atom is -0.503 e. The lowest BCUT2D eigenvalue weighted by Crippen LogP contribution is -2.42. The Kier molecular flexibility index (Phi) is 5.86. The molecule has 0 spiro atoms. The van der Waals surface area contributed by atoms with Gasteiger partial charge in [-0.1, -0.05) is 35.9 Å². The summed E-state index contributed by atoms with van der Waals surface area (Å²) >= 11 is 6.33. The van der Waals surface area contributed by atoms with Crippen LogP contribution in [0.3, 0.4) is 0 Å². The smallest absolute Gasteiger partial charge is 0.274 e. The van der Waals surface area contributed by atoms with E-state index in [1.807, 2.05) is 56.3 Å². The first-order valence-electron chi connectivity index (χ1n) is 11.6. The van der Waals surface area contributed by atoms with Crippen LogP contribution in [0.5, 0.6) is 11.5 Å². The monoisotopic (exact) mass is 478 g/mol. The average molecular weight is 479 g/mol. The van der Waals surface area contributed by atoms with E-state index in [9.17, 15) is 14.7 Å². The van der Waals surface area contributed by atoms with Crippen molar-refractivity contribution in [2.75, 3.05) is 6.54 Å². The number of fused-ring (bicyclic) bond motifs is 3. The second-order valence-corrected chi connectivity index (χ2v) is 9.67. The minimum absolute atomic E-state index is 0.0454. The van der Waals surface area contributed by atoms with Gasteiger partial charge in [-0.05, 0) is 56.0 Å². The molecule has 3 aromatic rings. The maximum absolute atomic E-state index is 13.6. The number of amides is 1. The Hall–Kier alpha value is -3.25. The minimum atomic E-state index is -0.556. The number of carbonyl (C=O) groups is 1. The normalized spacial score (nSPS) is 19.9. The summed E-state index contributed by atoms with van der Waals surface area (Å²) < 4.78 is 7.97. The third-order valence-corrected chi connectivity index (χ3v) is 7.14. The summed E-state index contributed by atoms with van der Waals surface area (Å²) in [6.07, 6.45) is 3.17. The summed E-state index contributed by atoms with van der Waals surface area (Å²) in [4.78, 5) is 27.7. The zero-order valence-electron chi connectivity index (χ0n) is 19.2. The van der Waals surface area contributed by atoms with Crippen LogP contribution in [0.1, 0.15) is 65.8 Å². The predicted molar refractivity (Wildman–Crippen MR) is 131 cm³/mol. The van der Waals surface area contributed by atoms with Crippen LogP contribution < -0.4 is 10.2 Å². The lowest BCUT2D eigenvalue weighted by molar-refractivity contribution is 0.0662. The van der Waals surface area contributed by atoms with Crippen molar-refractivity contribution in [3.63, 3.8) is 0 Å². The Balaban J connectivity index is 1.77. The number of carbonyl (C=O) groups excluding carboxylic acids is 1. The van der Waals surface area contributed by atoms with E-state index in [0.717, 1.165) is 35.3 Å². The molecule has 0 bridgehead atoms. The molecule has 2 atom stereocenters. The Bertz CT molecular complexity index is 1320. The zero-order valence-corrected chi connectivity index (χ0v) is 20.0. The third kappa shape index (κ3) is 3.76. The molecule has 2 aliphatic rings.